The standard InChI is InChI=1S/C11H17NO3/c1-4-12(5-2)8(3)9-6-10(11(13)14)15-7-9/h6-8H,4-5H2,1-3H3,(H,13,14). The number of aromatic carboxylic acids is 1. The first-order valence-electron chi connectivity index (χ1n) is 5.15. The predicted molar refractivity (Wildman–Crippen MR) is 57.0 cm³/mol. The van der Waals surface area contributed by atoms with Gasteiger partial charge in [-0.25, -0.2) is 4.79 Å². The molecule has 84 valence electrons. The number of nitrogens with zero attached hydrogens (tertiary/aromatic N) is 1. The largest absolute Gasteiger partial charge is 0.475 e. The topological polar surface area (TPSA) is 53.7 Å². The van der Waals surface area contributed by atoms with Crippen molar-refractivity contribution in [2.24, 2.45) is 0 Å². The zero-order valence-corrected chi connectivity index (χ0v) is 9.36. The summed E-state index contributed by atoms with van der Waals surface area (Å²) in [5.74, 6) is -1.02. The molecule has 0 saturated heterocycles. The summed E-state index contributed by atoms with van der Waals surface area (Å²) in [7, 11) is 0. The van der Waals surface area contributed by atoms with Crippen LogP contribution in [0.1, 0.15) is 42.9 Å². The second-order valence-electron chi connectivity index (χ2n) is 3.45. The van der Waals surface area contributed by atoms with E-state index >= 15 is 0 Å². The van der Waals surface area contributed by atoms with E-state index in [4.69, 9.17) is 9.52 Å². The number of furan rings is 1. The molecule has 0 spiro atoms. The second-order valence-corrected chi connectivity index (χ2v) is 3.45. The maximum atomic E-state index is 10.6. The van der Waals surface area contributed by atoms with Gasteiger partial charge in [-0.05, 0) is 26.1 Å². The molecule has 0 fully saturated rings. The van der Waals surface area contributed by atoms with Gasteiger partial charge < -0.3 is 9.52 Å². The number of carboxylic acids is 1. The maximum Gasteiger partial charge on any atom is 0.371 e. The van der Waals surface area contributed by atoms with Crippen molar-refractivity contribution in [1.29, 1.82) is 0 Å². The summed E-state index contributed by atoms with van der Waals surface area (Å²) in [6.45, 7) is 8.08. The molecule has 0 bridgehead atoms. The molecule has 0 aliphatic rings. The molecule has 1 atom stereocenters. The number of rotatable bonds is 5. The van der Waals surface area contributed by atoms with Crippen LogP contribution in [0.3, 0.4) is 0 Å². The third kappa shape index (κ3) is 2.59. The maximum absolute atomic E-state index is 10.6. The van der Waals surface area contributed by atoms with E-state index in [0.717, 1.165) is 18.7 Å². The molecule has 1 heterocycles. The van der Waals surface area contributed by atoms with Gasteiger partial charge in [0.05, 0.1) is 6.26 Å². The van der Waals surface area contributed by atoms with E-state index in [1.165, 1.54) is 6.26 Å². The van der Waals surface area contributed by atoms with Crippen LogP contribution in [-0.4, -0.2) is 29.1 Å². The van der Waals surface area contributed by atoms with Crippen molar-refractivity contribution >= 4 is 5.97 Å². The third-order valence-corrected chi connectivity index (χ3v) is 2.67. The van der Waals surface area contributed by atoms with E-state index in [-0.39, 0.29) is 11.8 Å². The molecule has 0 aromatic carbocycles. The van der Waals surface area contributed by atoms with Gasteiger partial charge in [-0.2, -0.15) is 0 Å². The van der Waals surface area contributed by atoms with Crippen LogP contribution in [0.4, 0.5) is 0 Å². The summed E-state index contributed by atoms with van der Waals surface area (Å²) in [6, 6.07) is 1.78. The number of hydrogen-bond acceptors (Lipinski definition) is 3. The fraction of sp³-hybridized carbons (Fsp3) is 0.545. The van der Waals surface area contributed by atoms with Crippen LogP contribution in [0.15, 0.2) is 16.7 Å². The van der Waals surface area contributed by atoms with Crippen molar-refractivity contribution in [2.75, 3.05) is 13.1 Å². The van der Waals surface area contributed by atoms with Gasteiger partial charge in [-0.1, -0.05) is 13.8 Å². The molecular weight excluding hydrogens is 194 g/mol. The zero-order valence-electron chi connectivity index (χ0n) is 9.36. The Kier molecular flexibility index (Phi) is 3.91. The lowest BCUT2D eigenvalue weighted by Gasteiger charge is -2.25. The summed E-state index contributed by atoms with van der Waals surface area (Å²) in [5.41, 5.74) is 0.913. The Morgan fingerprint density at radius 2 is 2.13 bits per heavy atom. The van der Waals surface area contributed by atoms with Crippen LogP contribution < -0.4 is 0 Å². The first-order chi connectivity index (χ1) is 7.10. The molecule has 0 amide bonds. The molecule has 0 aliphatic heterocycles. The van der Waals surface area contributed by atoms with Crippen LogP contribution in [-0.2, 0) is 0 Å². The minimum atomic E-state index is -1.02. The summed E-state index contributed by atoms with van der Waals surface area (Å²) in [5, 5.41) is 8.73. The van der Waals surface area contributed by atoms with E-state index in [2.05, 4.69) is 18.7 Å². The Bertz CT molecular complexity index is 328. The molecule has 1 rings (SSSR count). The quantitative estimate of drug-likeness (QED) is 0.812. The lowest BCUT2D eigenvalue weighted by Crippen LogP contribution is -2.26. The highest BCUT2D eigenvalue weighted by atomic mass is 16.4. The van der Waals surface area contributed by atoms with Crippen molar-refractivity contribution in [2.45, 2.75) is 26.8 Å². The van der Waals surface area contributed by atoms with Gasteiger partial charge in [-0.3, -0.25) is 4.90 Å². The Morgan fingerprint density at radius 3 is 2.53 bits per heavy atom. The molecule has 1 N–H and O–H groups in total. The monoisotopic (exact) mass is 211 g/mol. The molecule has 1 aromatic heterocycles. The Balaban J connectivity index is 2.81. The van der Waals surface area contributed by atoms with E-state index in [0.29, 0.717) is 0 Å². The van der Waals surface area contributed by atoms with E-state index in [1.54, 1.807) is 6.07 Å². The summed E-state index contributed by atoms with van der Waals surface area (Å²) < 4.78 is 4.96. The number of hydrogen-bond donors (Lipinski definition) is 1. The molecule has 4 nitrogen and oxygen atoms in total. The number of carbonyl (C=O) groups is 1. The van der Waals surface area contributed by atoms with Crippen LogP contribution in [0.2, 0.25) is 0 Å². The summed E-state index contributed by atoms with van der Waals surface area (Å²) in [4.78, 5) is 12.9. The van der Waals surface area contributed by atoms with Crippen molar-refractivity contribution in [1.82, 2.24) is 4.90 Å². The number of carboxylic acid groups (broad SMARTS) is 1. The van der Waals surface area contributed by atoms with Crippen molar-refractivity contribution in [3.05, 3.63) is 23.7 Å². The third-order valence-electron chi connectivity index (χ3n) is 2.67. The SMILES string of the molecule is CCN(CC)C(C)c1coc(C(=O)O)c1. The smallest absolute Gasteiger partial charge is 0.371 e. The first-order valence-corrected chi connectivity index (χ1v) is 5.15. The van der Waals surface area contributed by atoms with Gasteiger partial charge in [0, 0.05) is 11.6 Å². The van der Waals surface area contributed by atoms with Crippen molar-refractivity contribution in [3.8, 4) is 0 Å². The van der Waals surface area contributed by atoms with Crippen LogP contribution >= 0.6 is 0 Å². The average Bonchev–Trinajstić information content (AvgIpc) is 2.68. The Labute approximate surface area is 89.5 Å². The lowest BCUT2D eigenvalue weighted by molar-refractivity contribution is 0.0662. The predicted octanol–water partition coefficient (Wildman–Crippen LogP) is 2.38. The average molecular weight is 211 g/mol. The van der Waals surface area contributed by atoms with Gasteiger partial charge in [0.1, 0.15) is 0 Å². The molecule has 0 aliphatic carbocycles. The molecule has 0 saturated carbocycles. The molecule has 0 radical (unpaired) electrons. The van der Waals surface area contributed by atoms with Crippen LogP contribution in [0.5, 0.6) is 0 Å². The van der Waals surface area contributed by atoms with E-state index < -0.39 is 5.97 Å². The highest BCUT2D eigenvalue weighted by molar-refractivity contribution is 5.84. The fourth-order valence-corrected chi connectivity index (χ4v) is 1.66. The minimum Gasteiger partial charge on any atom is -0.475 e. The molecule has 1 unspecified atom stereocenters. The lowest BCUT2D eigenvalue weighted by atomic mass is 10.1. The highest BCUT2D eigenvalue weighted by Gasteiger charge is 2.17. The van der Waals surface area contributed by atoms with Crippen LogP contribution in [0.25, 0.3) is 0 Å². The Morgan fingerprint density at radius 1 is 1.53 bits per heavy atom. The van der Waals surface area contributed by atoms with Gasteiger partial charge in [0.2, 0.25) is 5.76 Å². The second kappa shape index (κ2) is 4.98. The molecule has 4 heteroatoms. The minimum absolute atomic E-state index is 0.00371. The van der Waals surface area contributed by atoms with Gasteiger partial charge in [0.15, 0.2) is 0 Å². The van der Waals surface area contributed by atoms with Gasteiger partial charge in [0.25, 0.3) is 0 Å². The van der Waals surface area contributed by atoms with E-state index in [9.17, 15) is 4.79 Å². The molecule has 15 heavy (non-hydrogen) atoms. The molecule has 1 aromatic rings. The van der Waals surface area contributed by atoms with Crippen molar-refractivity contribution in [3.63, 3.8) is 0 Å². The summed E-state index contributed by atoms with van der Waals surface area (Å²) >= 11 is 0. The normalized spacial score (nSPS) is 13.1. The van der Waals surface area contributed by atoms with Crippen LogP contribution in [0, 0.1) is 0 Å². The van der Waals surface area contributed by atoms with Crippen molar-refractivity contribution < 1.29 is 14.3 Å². The highest BCUT2D eigenvalue weighted by Crippen LogP contribution is 2.21. The zero-order chi connectivity index (χ0) is 11.4. The fourth-order valence-electron chi connectivity index (χ4n) is 1.66. The van der Waals surface area contributed by atoms with E-state index in [1.807, 2.05) is 6.92 Å². The first kappa shape index (κ1) is 11.8. The summed E-state index contributed by atoms with van der Waals surface area (Å²) in [6.07, 6.45) is 1.52. The Hall–Kier alpha value is -1.29. The van der Waals surface area contributed by atoms with Gasteiger partial charge in [-0.15, -0.1) is 0 Å². The molecular formula is C11H17NO3. The van der Waals surface area contributed by atoms with Gasteiger partial charge >= 0.3 is 5.97 Å².